The zero-order valence-corrected chi connectivity index (χ0v) is 16.2. The van der Waals surface area contributed by atoms with Gasteiger partial charge in [-0.15, -0.1) is 0 Å². The minimum Gasteiger partial charge on any atom is -0.340 e. The number of hydrazone groups is 1. The molecule has 0 bridgehead atoms. The van der Waals surface area contributed by atoms with Crippen molar-refractivity contribution in [2.45, 2.75) is 12.5 Å². The maximum atomic E-state index is 13.3. The van der Waals surface area contributed by atoms with Gasteiger partial charge in [0.1, 0.15) is 11.9 Å². The van der Waals surface area contributed by atoms with Crippen LogP contribution in [0.5, 0.6) is 0 Å². The fourth-order valence-electron chi connectivity index (χ4n) is 3.57. The Bertz CT molecular complexity index is 1180. The number of fused-ring (bicyclic) bond motifs is 1. The second kappa shape index (κ2) is 7.18. The van der Waals surface area contributed by atoms with E-state index in [1.807, 2.05) is 54.6 Å². The molecule has 0 fully saturated rings. The number of rotatable bonds is 3. The van der Waals surface area contributed by atoms with Gasteiger partial charge in [0.05, 0.1) is 16.7 Å². The van der Waals surface area contributed by atoms with E-state index in [9.17, 15) is 4.79 Å². The summed E-state index contributed by atoms with van der Waals surface area (Å²) in [7, 11) is 0. The number of hydrogen-bond acceptors (Lipinski definition) is 3. The molecule has 0 radical (unpaired) electrons. The second-order valence-electron chi connectivity index (χ2n) is 6.93. The van der Waals surface area contributed by atoms with E-state index in [-0.39, 0.29) is 11.9 Å². The first-order valence-corrected chi connectivity index (χ1v) is 9.73. The van der Waals surface area contributed by atoms with E-state index in [0.717, 1.165) is 28.1 Å². The molecule has 1 amide bonds. The molecule has 142 valence electrons. The van der Waals surface area contributed by atoms with Crippen molar-refractivity contribution in [3.63, 3.8) is 0 Å². The lowest BCUT2D eigenvalue weighted by Crippen LogP contribution is -2.27. The maximum Gasteiger partial charge on any atom is 0.274 e. The van der Waals surface area contributed by atoms with E-state index in [2.05, 4.69) is 4.98 Å². The molecule has 1 atom stereocenters. The lowest BCUT2D eigenvalue weighted by atomic mass is 10.0. The smallest absolute Gasteiger partial charge is 0.274 e. The summed E-state index contributed by atoms with van der Waals surface area (Å²) in [5.74, 6) is 0.543. The van der Waals surface area contributed by atoms with Crippen LogP contribution in [0, 0.1) is 0 Å². The number of aromatic amines is 1. The summed E-state index contributed by atoms with van der Waals surface area (Å²) in [5.41, 5.74) is 4.20. The molecule has 2 heterocycles. The number of imidazole rings is 1. The summed E-state index contributed by atoms with van der Waals surface area (Å²) in [5, 5.41) is 6.81. The molecule has 4 aromatic rings. The number of benzene rings is 3. The monoisotopic (exact) mass is 400 g/mol. The highest BCUT2D eigenvalue weighted by Gasteiger charge is 2.35. The molecule has 6 heteroatoms. The minimum atomic E-state index is -0.305. The Labute approximate surface area is 172 Å². The minimum absolute atomic E-state index is 0.182. The largest absolute Gasteiger partial charge is 0.340 e. The highest BCUT2D eigenvalue weighted by atomic mass is 35.5. The van der Waals surface area contributed by atoms with Crippen molar-refractivity contribution >= 4 is 34.3 Å². The maximum absolute atomic E-state index is 13.3. The van der Waals surface area contributed by atoms with Crippen LogP contribution in [-0.4, -0.2) is 26.6 Å². The van der Waals surface area contributed by atoms with Crippen molar-refractivity contribution < 1.29 is 4.79 Å². The van der Waals surface area contributed by atoms with Crippen LogP contribution >= 0.6 is 11.6 Å². The van der Waals surface area contributed by atoms with Crippen LogP contribution in [0.1, 0.15) is 34.2 Å². The number of nitrogens with zero attached hydrogens (tertiary/aromatic N) is 3. The van der Waals surface area contributed by atoms with Crippen molar-refractivity contribution in [3.8, 4) is 0 Å². The number of amides is 1. The van der Waals surface area contributed by atoms with Crippen LogP contribution in [-0.2, 0) is 0 Å². The Morgan fingerprint density at radius 1 is 0.966 bits per heavy atom. The zero-order valence-electron chi connectivity index (χ0n) is 15.4. The molecule has 0 saturated heterocycles. The van der Waals surface area contributed by atoms with E-state index < -0.39 is 0 Å². The predicted molar refractivity (Wildman–Crippen MR) is 114 cm³/mol. The lowest BCUT2D eigenvalue weighted by Gasteiger charge is -2.20. The molecule has 29 heavy (non-hydrogen) atoms. The van der Waals surface area contributed by atoms with Gasteiger partial charge in [-0.3, -0.25) is 4.79 Å². The van der Waals surface area contributed by atoms with Gasteiger partial charge >= 0.3 is 0 Å². The van der Waals surface area contributed by atoms with Crippen molar-refractivity contribution in [2.24, 2.45) is 5.10 Å². The summed E-state index contributed by atoms with van der Waals surface area (Å²) in [6.45, 7) is 0. The molecule has 3 aromatic carbocycles. The molecule has 1 aliphatic rings. The number of para-hydroxylation sites is 2. The topological polar surface area (TPSA) is 61.4 Å². The number of carbonyl (C=O) groups excluding carboxylic acids is 1. The number of carbonyl (C=O) groups is 1. The van der Waals surface area contributed by atoms with Gasteiger partial charge in [0.15, 0.2) is 0 Å². The number of halogens is 1. The summed E-state index contributed by atoms with van der Waals surface area (Å²) < 4.78 is 0. The molecule has 5 nitrogen and oxygen atoms in total. The Hall–Kier alpha value is -3.44. The van der Waals surface area contributed by atoms with Crippen LogP contribution in [0.15, 0.2) is 84.0 Å². The number of nitrogens with one attached hydrogen (secondary N) is 1. The normalized spacial score (nSPS) is 16.2. The van der Waals surface area contributed by atoms with E-state index in [1.165, 1.54) is 5.01 Å². The number of H-pyrrole nitrogens is 1. The summed E-state index contributed by atoms with van der Waals surface area (Å²) in [6, 6.07) is 24.3. The van der Waals surface area contributed by atoms with E-state index >= 15 is 0 Å². The standard InChI is InChI=1S/C23H17ClN4O/c24-17-12-10-16(11-13-17)23(29)28-21(14-20(27-28)15-6-2-1-3-7-15)22-25-18-8-4-5-9-19(18)26-22/h1-13,21H,14H2,(H,25,26)/t21-/m1/s1. The predicted octanol–water partition coefficient (Wildman–Crippen LogP) is 5.21. The third-order valence-electron chi connectivity index (χ3n) is 5.04. The molecule has 1 aliphatic heterocycles. The van der Waals surface area contributed by atoms with Gasteiger partial charge in [-0.1, -0.05) is 54.1 Å². The molecule has 5 rings (SSSR count). The van der Waals surface area contributed by atoms with Gasteiger partial charge in [0.2, 0.25) is 0 Å². The van der Waals surface area contributed by atoms with E-state index in [4.69, 9.17) is 21.7 Å². The third kappa shape index (κ3) is 3.30. The van der Waals surface area contributed by atoms with Crippen LogP contribution in [0.25, 0.3) is 11.0 Å². The average molecular weight is 401 g/mol. The van der Waals surface area contributed by atoms with Crippen molar-refractivity contribution in [3.05, 3.63) is 101 Å². The number of aromatic nitrogens is 2. The Balaban J connectivity index is 1.56. The number of hydrogen-bond donors (Lipinski definition) is 1. The molecular formula is C23H17ClN4O. The van der Waals surface area contributed by atoms with Crippen molar-refractivity contribution in [2.75, 3.05) is 0 Å². The summed E-state index contributed by atoms with van der Waals surface area (Å²) >= 11 is 5.98. The van der Waals surface area contributed by atoms with Gasteiger partial charge in [-0.25, -0.2) is 9.99 Å². The van der Waals surface area contributed by atoms with Crippen LogP contribution in [0.3, 0.4) is 0 Å². The van der Waals surface area contributed by atoms with Crippen LogP contribution < -0.4 is 0 Å². The first-order valence-electron chi connectivity index (χ1n) is 9.36. The van der Waals surface area contributed by atoms with Gasteiger partial charge in [0, 0.05) is 17.0 Å². The quantitative estimate of drug-likeness (QED) is 0.513. The third-order valence-corrected chi connectivity index (χ3v) is 5.29. The molecule has 0 spiro atoms. The van der Waals surface area contributed by atoms with Gasteiger partial charge in [-0.05, 0) is 42.0 Å². The molecule has 1 N–H and O–H groups in total. The first-order chi connectivity index (χ1) is 14.2. The second-order valence-corrected chi connectivity index (χ2v) is 7.36. The highest BCUT2D eigenvalue weighted by molar-refractivity contribution is 6.30. The van der Waals surface area contributed by atoms with E-state index in [0.29, 0.717) is 17.0 Å². The molecular weight excluding hydrogens is 384 g/mol. The Morgan fingerprint density at radius 3 is 2.45 bits per heavy atom. The fraction of sp³-hybridized carbons (Fsp3) is 0.0870. The average Bonchev–Trinajstić information content (AvgIpc) is 3.39. The molecule has 0 aliphatic carbocycles. The van der Waals surface area contributed by atoms with Gasteiger partial charge in [0.25, 0.3) is 5.91 Å². The summed E-state index contributed by atoms with van der Waals surface area (Å²) in [6.07, 6.45) is 0.586. The summed E-state index contributed by atoms with van der Waals surface area (Å²) in [4.78, 5) is 21.3. The fourth-order valence-corrected chi connectivity index (χ4v) is 3.70. The Morgan fingerprint density at radius 2 is 1.69 bits per heavy atom. The lowest BCUT2D eigenvalue weighted by molar-refractivity contribution is 0.0705. The molecule has 0 saturated carbocycles. The Kier molecular flexibility index (Phi) is 4.37. The SMILES string of the molecule is O=C(c1ccc(Cl)cc1)N1N=C(c2ccccc2)C[C@@H]1c1nc2ccccc2[nH]1. The van der Waals surface area contributed by atoms with Crippen molar-refractivity contribution in [1.82, 2.24) is 15.0 Å². The first kappa shape index (κ1) is 17.6. The van der Waals surface area contributed by atoms with E-state index in [1.54, 1.807) is 24.3 Å². The van der Waals surface area contributed by atoms with Crippen LogP contribution in [0.4, 0.5) is 0 Å². The zero-order chi connectivity index (χ0) is 19.8. The molecule has 1 aromatic heterocycles. The van der Waals surface area contributed by atoms with Crippen LogP contribution in [0.2, 0.25) is 5.02 Å². The molecule has 0 unspecified atom stereocenters. The van der Waals surface area contributed by atoms with Crippen molar-refractivity contribution in [1.29, 1.82) is 0 Å². The van der Waals surface area contributed by atoms with Gasteiger partial charge in [-0.2, -0.15) is 5.10 Å². The van der Waals surface area contributed by atoms with Gasteiger partial charge < -0.3 is 4.98 Å². The highest BCUT2D eigenvalue weighted by Crippen LogP contribution is 2.33.